The first-order valence-corrected chi connectivity index (χ1v) is 6.57. The van der Waals surface area contributed by atoms with Crippen LogP contribution in [0.25, 0.3) is 0 Å². The molecule has 0 saturated heterocycles. The van der Waals surface area contributed by atoms with Gasteiger partial charge in [0.1, 0.15) is 0 Å². The molecule has 0 saturated carbocycles. The Kier molecular flexibility index (Phi) is 4.56. The van der Waals surface area contributed by atoms with Crippen molar-refractivity contribution in [2.75, 3.05) is 0 Å². The van der Waals surface area contributed by atoms with Gasteiger partial charge >= 0.3 is 0 Å². The van der Waals surface area contributed by atoms with Crippen LogP contribution >= 0.6 is 0 Å². The van der Waals surface area contributed by atoms with Crippen LogP contribution < -0.4 is 0 Å². The van der Waals surface area contributed by atoms with Gasteiger partial charge in [0.15, 0.2) is 0 Å². The Morgan fingerprint density at radius 2 is 1.53 bits per heavy atom. The average Bonchev–Trinajstić information content (AvgIpc) is 2.24. The molecule has 94 valence electrons. The monoisotopic (exact) mass is 230 g/mol. The molecule has 0 nitrogen and oxygen atoms in total. The molecule has 0 N–H and O–H groups in total. The molecule has 17 heavy (non-hydrogen) atoms. The summed E-state index contributed by atoms with van der Waals surface area (Å²) in [5.74, 6) is 1.16. The predicted octanol–water partition coefficient (Wildman–Crippen LogP) is 5.52. The Morgan fingerprint density at radius 3 is 1.88 bits per heavy atom. The average molecular weight is 230 g/mol. The molecule has 0 bridgehead atoms. The van der Waals surface area contributed by atoms with Crippen molar-refractivity contribution in [3.63, 3.8) is 0 Å². The minimum atomic E-state index is 0.285. The van der Waals surface area contributed by atoms with Crippen LogP contribution in [0.2, 0.25) is 0 Å². The van der Waals surface area contributed by atoms with Crippen molar-refractivity contribution >= 4 is 0 Å². The van der Waals surface area contributed by atoms with Crippen LogP contribution in [0.3, 0.4) is 0 Å². The summed E-state index contributed by atoms with van der Waals surface area (Å²) >= 11 is 0. The molecule has 1 rings (SSSR count). The standard InChI is InChI=1S/C17H26/c1-7-8-16(17(4,5)6)15-11-9-14(10-12-15)13(2)3/h7,9-13,16H,1,8H2,2-6H3. The molecular weight excluding hydrogens is 204 g/mol. The van der Waals surface area contributed by atoms with Gasteiger partial charge in [-0.1, -0.05) is 65.0 Å². The van der Waals surface area contributed by atoms with E-state index in [2.05, 4.69) is 65.5 Å². The van der Waals surface area contributed by atoms with Gasteiger partial charge < -0.3 is 0 Å². The maximum absolute atomic E-state index is 3.89. The van der Waals surface area contributed by atoms with Gasteiger partial charge in [0.25, 0.3) is 0 Å². The van der Waals surface area contributed by atoms with Crippen molar-refractivity contribution in [2.24, 2.45) is 5.41 Å². The van der Waals surface area contributed by atoms with Gasteiger partial charge in [0.2, 0.25) is 0 Å². The quantitative estimate of drug-likeness (QED) is 0.598. The van der Waals surface area contributed by atoms with E-state index in [9.17, 15) is 0 Å². The van der Waals surface area contributed by atoms with Crippen LogP contribution in [0, 0.1) is 5.41 Å². The highest BCUT2D eigenvalue weighted by atomic mass is 14.3. The molecule has 1 unspecified atom stereocenters. The van der Waals surface area contributed by atoms with Crippen LogP contribution in [0.15, 0.2) is 36.9 Å². The van der Waals surface area contributed by atoms with E-state index >= 15 is 0 Å². The lowest BCUT2D eigenvalue weighted by atomic mass is 9.74. The molecule has 0 aliphatic carbocycles. The van der Waals surface area contributed by atoms with Crippen molar-refractivity contribution in [3.05, 3.63) is 48.0 Å². The summed E-state index contributed by atoms with van der Waals surface area (Å²) < 4.78 is 0. The van der Waals surface area contributed by atoms with E-state index in [-0.39, 0.29) is 5.41 Å². The molecule has 0 amide bonds. The first-order chi connectivity index (χ1) is 7.86. The van der Waals surface area contributed by atoms with Gasteiger partial charge in [0.05, 0.1) is 0 Å². The van der Waals surface area contributed by atoms with Gasteiger partial charge in [-0.2, -0.15) is 0 Å². The maximum Gasteiger partial charge on any atom is -0.00788 e. The summed E-state index contributed by atoms with van der Waals surface area (Å²) in [6.45, 7) is 15.3. The summed E-state index contributed by atoms with van der Waals surface area (Å²) in [6, 6.07) is 9.10. The third kappa shape index (κ3) is 3.73. The number of rotatable bonds is 4. The zero-order valence-corrected chi connectivity index (χ0v) is 12.0. The molecule has 0 heteroatoms. The topological polar surface area (TPSA) is 0 Å². The Morgan fingerprint density at radius 1 is 1.06 bits per heavy atom. The molecule has 0 aliphatic rings. The third-order valence-corrected chi connectivity index (χ3v) is 3.45. The summed E-state index contributed by atoms with van der Waals surface area (Å²) in [7, 11) is 0. The van der Waals surface area contributed by atoms with Crippen LogP contribution in [0.4, 0.5) is 0 Å². The van der Waals surface area contributed by atoms with Crippen molar-refractivity contribution < 1.29 is 0 Å². The van der Waals surface area contributed by atoms with Crippen molar-refractivity contribution in [1.29, 1.82) is 0 Å². The van der Waals surface area contributed by atoms with Crippen LogP contribution in [-0.4, -0.2) is 0 Å². The summed E-state index contributed by atoms with van der Waals surface area (Å²) in [6.07, 6.45) is 3.08. The van der Waals surface area contributed by atoms with Gasteiger partial charge in [-0.3, -0.25) is 0 Å². The smallest absolute Gasteiger partial charge is 0.00788 e. The van der Waals surface area contributed by atoms with Gasteiger partial charge in [-0.25, -0.2) is 0 Å². The second-order valence-electron chi connectivity index (χ2n) is 6.26. The van der Waals surface area contributed by atoms with Gasteiger partial charge in [0, 0.05) is 0 Å². The van der Waals surface area contributed by atoms with E-state index in [1.54, 1.807) is 0 Å². The lowest BCUT2D eigenvalue weighted by Crippen LogP contribution is -2.17. The number of allylic oxidation sites excluding steroid dienone is 1. The van der Waals surface area contributed by atoms with E-state index in [0.717, 1.165) is 6.42 Å². The zero-order chi connectivity index (χ0) is 13.1. The molecule has 1 aromatic carbocycles. The Labute approximate surface area is 107 Å². The largest absolute Gasteiger partial charge is 0.103 e. The SMILES string of the molecule is C=CCC(c1ccc(C(C)C)cc1)C(C)(C)C. The van der Waals surface area contributed by atoms with Gasteiger partial charge in [-0.05, 0) is 34.8 Å². The Balaban J connectivity index is 2.99. The summed E-state index contributed by atoms with van der Waals surface area (Å²) in [4.78, 5) is 0. The van der Waals surface area contributed by atoms with Crippen molar-refractivity contribution in [2.45, 2.75) is 52.9 Å². The third-order valence-electron chi connectivity index (χ3n) is 3.45. The second-order valence-corrected chi connectivity index (χ2v) is 6.26. The van der Waals surface area contributed by atoms with Crippen LogP contribution in [-0.2, 0) is 0 Å². The lowest BCUT2D eigenvalue weighted by molar-refractivity contribution is 0.321. The molecule has 0 fully saturated rings. The fraction of sp³-hybridized carbons (Fsp3) is 0.529. The molecule has 0 aromatic heterocycles. The van der Waals surface area contributed by atoms with E-state index in [4.69, 9.17) is 0 Å². The minimum absolute atomic E-state index is 0.285. The van der Waals surface area contributed by atoms with E-state index in [1.807, 2.05) is 6.08 Å². The van der Waals surface area contributed by atoms with E-state index in [0.29, 0.717) is 11.8 Å². The van der Waals surface area contributed by atoms with Gasteiger partial charge in [-0.15, -0.1) is 6.58 Å². The minimum Gasteiger partial charge on any atom is -0.103 e. The predicted molar refractivity (Wildman–Crippen MR) is 77.5 cm³/mol. The van der Waals surface area contributed by atoms with E-state index in [1.165, 1.54) is 11.1 Å². The Hall–Kier alpha value is -1.04. The fourth-order valence-corrected chi connectivity index (χ4v) is 2.27. The highest BCUT2D eigenvalue weighted by Crippen LogP contribution is 2.38. The molecular formula is C17H26. The van der Waals surface area contributed by atoms with Crippen LogP contribution in [0.1, 0.15) is 64.0 Å². The number of benzene rings is 1. The van der Waals surface area contributed by atoms with Crippen molar-refractivity contribution in [3.8, 4) is 0 Å². The molecule has 1 atom stereocenters. The lowest BCUT2D eigenvalue weighted by Gasteiger charge is -2.30. The van der Waals surface area contributed by atoms with Crippen molar-refractivity contribution in [1.82, 2.24) is 0 Å². The molecule has 0 aliphatic heterocycles. The molecule has 0 spiro atoms. The number of hydrogen-bond acceptors (Lipinski definition) is 0. The fourth-order valence-electron chi connectivity index (χ4n) is 2.27. The zero-order valence-electron chi connectivity index (χ0n) is 12.0. The molecule has 0 heterocycles. The normalized spacial score (nSPS) is 13.8. The van der Waals surface area contributed by atoms with E-state index < -0.39 is 0 Å². The summed E-state index contributed by atoms with van der Waals surface area (Å²) in [5, 5.41) is 0. The first kappa shape index (κ1) is 14.0. The highest BCUT2D eigenvalue weighted by molar-refractivity contribution is 5.28. The summed E-state index contributed by atoms with van der Waals surface area (Å²) in [5.41, 5.74) is 3.13. The first-order valence-electron chi connectivity index (χ1n) is 6.57. The molecule has 1 aromatic rings. The maximum atomic E-state index is 3.89. The number of hydrogen-bond donors (Lipinski definition) is 0. The molecule has 0 radical (unpaired) electrons. The Bertz CT molecular complexity index is 349. The second kappa shape index (κ2) is 5.53. The van der Waals surface area contributed by atoms with Crippen LogP contribution in [0.5, 0.6) is 0 Å². The highest BCUT2D eigenvalue weighted by Gasteiger charge is 2.24.